The number of carbonyl (C=O) groups is 1. The van der Waals surface area contributed by atoms with Gasteiger partial charge in [0, 0.05) is 32.9 Å². The number of phenols is 2. The zero-order valence-electron chi connectivity index (χ0n) is 33.5. The predicted octanol–water partition coefficient (Wildman–Crippen LogP) is 14.5. The van der Waals surface area contributed by atoms with Gasteiger partial charge in [0.05, 0.1) is 11.3 Å². The molecule has 0 aliphatic heterocycles. The summed E-state index contributed by atoms with van der Waals surface area (Å²) in [5.74, 6) is -1.49. The molecular formula is C51H41BrF3N3O4. The Morgan fingerprint density at radius 1 is 0.435 bits per heavy atom. The molecule has 312 valence electrons. The Kier molecular flexibility index (Phi) is 14.7. The number of halogens is 4. The first-order valence-corrected chi connectivity index (χ1v) is 20.0. The van der Waals surface area contributed by atoms with Crippen molar-refractivity contribution in [3.8, 4) is 33.8 Å². The van der Waals surface area contributed by atoms with Gasteiger partial charge in [0.15, 0.2) is 0 Å². The molecule has 6 N–H and O–H groups in total. The van der Waals surface area contributed by atoms with Gasteiger partial charge in [-0.1, -0.05) is 64.5 Å². The number of anilines is 6. The van der Waals surface area contributed by atoms with Gasteiger partial charge >= 0.3 is 5.97 Å². The topological polar surface area (TPSA) is 114 Å². The van der Waals surface area contributed by atoms with Crippen molar-refractivity contribution in [2.45, 2.75) is 13.8 Å². The van der Waals surface area contributed by atoms with E-state index in [4.69, 9.17) is 0 Å². The largest absolute Gasteiger partial charge is 0.508 e. The van der Waals surface area contributed by atoms with Crippen LogP contribution in [0.3, 0.4) is 0 Å². The molecule has 0 aliphatic rings. The molecule has 0 saturated heterocycles. The van der Waals surface area contributed by atoms with Crippen LogP contribution in [0.25, 0.3) is 22.3 Å². The van der Waals surface area contributed by atoms with Gasteiger partial charge in [-0.15, -0.1) is 0 Å². The summed E-state index contributed by atoms with van der Waals surface area (Å²) in [7, 11) is 0. The van der Waals surface area contributed by atoms with E-state index >= 15 is 0 Å². The molecular weight excluding hydrogens is 855 g/mol. The van der Waals surface area contributed by atoms with Crippen molar-refractivity contribution in [1.29, 1.82) is 0 Å². The SMILES string of the molecule is Cc1ccc(-c2ccc(O)cc2)cc1Nc1ccc(F)cc1.Cc1ccc(Br)cc1Nc1ccc(F)cc1.O=C(O)c1ccc(-c2ccc(O)cc2)cc1Nc1ccc(F)cc1. The molecule has 62 heavy (non-hydrogen) atoms. The van der Waals surface area contributed by atoms with Crippen LogP contribution in [0.2, 0.25) is 0 Å². The van der Waals surface area contributed by atoms with Crippen molar-refractivity contribution >= 4 is 56.0 Å². The van der Waals surface area contributed by atoms with E-state index in [0.717, 1.165) is 60.6 Å². The van der Waals surface area contributed by atoms with Crippen LogP contribution in [0.1, 0.15) is 21.5 Å². The molecule has 0 heterocycles. The molecule has 0 atom stereocenters. The highest BCUT2D eigenvalue weighted by Crippen LogP contribution is 2.31. The quantitative estimate of drug-likeness (QED) is 0.0855. The zero-order valence-corrected chi connectivity index (χ0v) is 35.1. The van der Waals surface area contributed by atoms with Crippen LogP contribution >= 0.6 is 15.9 Å². The normalized spacial score (nSPS) is 10.4. The lowest BCUT2D eigenvalue weighted by atomic mass is 10.0. The summed E-state index contributed by atoms with van der Waals surface area (Å²) in [4.78, 5) is 11.4. The molecule has 11 heteroatoms. The van der Waals surface area contributed by atoms with Gasteiger partial charge in [0.2, 0.25) is 0 Å². The maximum atomic E-state index is 13.0. The minimum absolute atomic E-state index is 0.113. The lowest BCUT2D eigenvalue weighted by molar-refractivity contribution is 0.0698. The van der Waals surface area contributed by atoms with E-state index in [0.29, 0.717) is 11.4 Å². The average Bonchev–Trinajstić information content (AvgIpc) is 3.26. The molecule has 0 amide bonds. The van der Waals surface area contributed by atoms with E-state index in [1.165, 1.54) is 54.6 Å². The van der Waals surface area contributed by atoms with E-state index in [-0.39, 0.29) is 34.5 Å². The summed E-state index contributed by atoms with van der Waals surface area (Å²) < 4.78 is 39.7. The number of benzene rings is 8. The predicted molar refractivity (Wildman–Crippen MR) is 247 cm³/mol. The molecule has 0 aliphatic carbocycles. The van der Waals surface area contributed by atoms with E-state index < -0.39 is 5.97 Å². The molecule has 7 nitrogen and oxygen atoms in total. The molecule has 0 aromatic heterocycles. The Morgan fingerprint density at radius 2 is 0.774 bits per heavy atom. The van der Waals surface area contributed by atoms with Gasteiger partial charge in [0.25, 0.3) is 0 Å². The number of aromatic hydroxyl groups is 2. The number of hydrogen-bond donors (Lipinski definition) is 6. The second-order valence-electron chi connectivity index (χ2n) is 14.0. The van der Waals surface area contributed by atoms with Crippen LogP contribution in [0, 0.1) is 31.3 Å². The van der Waals surface area contributed by atoms with Crippen LogP contribution in [0.15, 0.2) is 180 Å². The molecule has 0 bridgehead atoms. The highest BCUT2D eigenvalue weighted by atomic mass is 79.9. The van der Waals surface area contributed by atoms with Crippen LogP contribution < -0.4 is 16.0 Å². The van der Waals surface area contributed by atoms with Gasteiger partial charge in [-0.05, 0) is 175 Å². The Labute approximate surface area is 365 Å². The van der Waals surface area contributed by atoms with Gasteiger partial charge in [-0.3, -0.25) is 0 Å². The number of aryl methyl sites for hydroxylation is 2. The minimum Gasteiger partial charge on any atom is -0.508 e. The maximum Gasteiger partial charge on any atom is 0.337 e. The van der Waals surface area contributed by atoms with Crippen molar-refractivity contribution in [2.24, 2.45) is 0 Å². The number of aromatic carboxylic acids is 1. The average molecular weight is 897 g/mol. The first-order valence-electron chi connectivity index (χ1n) is 19.2. The summed E-state index contributed by atoms with van der Waals surface area (Å²) in [6, 6.07) is 49.0. The van der Waals surface area contributed by atoms with Gasteiger partial charge < -0.3 is 31.3 Å². The second-order valence-corrected chi connectivity index (χ2v) is 15.0. The second kappa shape index (κ2) is 20.7. The third kappa shape index (κ3) is 12.5. The summed E-state index contributed by atoms with van der Waals surface area (Å²) in [6.07, 6.45) is 0. The van der Waals surface area contributed by atoms with Crippen molar-refractivity contribution in [3.63, 3.8) is 0 Å². The lowest BCUT2D eigenvalue weighted by Gasteiger charge is -2.12. The molecule has 8 rings (SSSR count). The van der Waals surface area contributed by atoms with Crippen LogP contribution in [-0.4, -0.2) is 21.3 Å². The van der Waals surface area contributed by atoms with Gasteiger partial charge in [0.1, 0.15) is 29.0 Å². The van der Waals surface area contributed by atoms with Crippen molar-refractivity contribution in [1.82, 2.24) is 0 Å². The van der Waals surface area contributed by atoms with E-state index in [1.54, 1.807) is 72.8 Å². The zero-order chi connectivity index (χ0) is 44.2. The Balaban J connectivity index is 0.000000158. The molecule has 0 saturated carbocycles. The lowest BCUT2D eigenvalue weighted by Crippen LogP contribution is -2.03. The fraction of sp³-hybridized carbons (Fsp3) is 0.0392. The van der Waals surface area contributed by atoms with Gasteiger partial charge in [-0.2, -0.15) is 0 Å². The number of nitrogens with one attached hydrogen (secondary N) is 3. The molecule has 0 radical (unpaired) electrons. The van der Waals surface area contributed by atoms with E-state index in [2.05, 4.69) is 31.9 Å². The summed E-state index contributed by atoms with van der Waals surface area (Å²) in [5, 5.41) is 37.7. The minimum atomic E-state index is -1.06. The van der Waals surface area contributed by atoms with Crippen molar-refractivity contribution in [3.05, 3.63) is 215 Å². The fourth-order valence-corrected chi connectivity index (χ4v) is 6.41. The van der Waals surface area contributed by atoms with E-state index in [1.807, 2.05) is 62.4 Å². The molecule has 8 aromatic carbocycles. The van der Waals surface area contributed by atoms with Crippen molar-refractivity contribution in [2.75, 3.05) is 16.0 Å². The number of carboxylic acids is 1. The first kappa shape index (κ1) is 44.1. The Hall–Kier alpha value is -7.50. The fourth-order valence-electron chi connectivity index (χ4n) is 6.05. The highest BCUT2D eigenvalue weighted by Gasteiger charge is 2.12. The summed E-state index contributed by atoms with van der Waals surface area (Å²) in [5.41, 5.74) is 10.8. The standard InChI is InChI=1S/C19H14FNO3.C19H16FNO.C13H11BrFN/c20-14-4-6-15(7-5-14)21-18-11-13(3-10-17(18)19(23)24)12-1-8-16(22)9-2-12;1-13-2-3-15(14-4-10-18(22)11-5-14)12-19(13)21-17-8-6-16(20)7-9-17;1-9-2-3-10(14)8-13(9)16-12-6-4-11(15)5-7-12/h1-11,21-22H,(H,23,24);2-12,21-22H,1H3;2-8,16H,1H3. The Bertz CT molecular complexity index is 2750. The number of hydrogen-bond acceptors (Lipinski definition) is 6. The van der Waals surface area contributed by atoms with E-state index in [9.17, 15) is 33.3 Å². The number of carboxylic acid groups (broad SMARTS) is 1. The molecule has 0 fully saturated rings. The third-order valence-electron chi connectivity index (χ3n) is 9.46. The monoisotopic (exact) mass is 895 g/mol. The van der Waals surface area contributed by atoms with Gasteiger partial charge in [-0.25, -0.2) is 18.0 Å². The van der Waals surface area contributed by atoms with Crippen molar-refractivity contribution < 1.29 is 33.3 Å². The number of rotatable bonds is 9. The maximum absolute atomic E-state index is 13.0. The van der Waals surface area contributed by atoms with Crippen LogP contribution in [0.4, 0.5) is 47.3 Å². The summed E-state index contributed by atoms with van der Waals surface area (Å²) in [6.45, 7) is 4.05. The smallest absolute Gasteiger partial charge is 0.337 e. The summed E-state index contributed by atoms with van der Waals surface area (Å²) >= 11 is 3.42. The van der Waals surface area contributed by atoms with Crippen LogP contribution in [0.5, 0.6) is 11.5 Å². The highest BCUT2D eigenvalue weighted by molar-refractivity contribution is 9.10. The first-order chi connectivity index (χ1) is 29.8. The molecule has 0 spiro atoms. The number of phenolic OH excluding ortho intramolecular Hbond substituents is 2. The Morgan fingerprint density at radius 3 is 1.19 bits per heavy atom. The van der Waals surface area contributed by atoms with Crippen LogP contribution in [-0.2, 0) is 0 Å². The molecule has 8 aromatic rings. The molecule has 0 unspecified atom stereocenters. The third-order valence-corrected chi connectivity index (χ3v) is 9.95.